The van der Waals surface area contributed by atoms with E-state index in [1.807, 2.05) is 0 Å². The second-order valence-electron chi connectivity index (χ2n) is 6.42. The molecule has 1 aliphatic heterocycles. The highest BCUT2D eigenvalue weighted by atomic mass is 35.5. The molecule has 0 atom stereocenters. The maximum atomic E-state index is 13.5. The lowest BCUT2D eigenvalue weighted by molar-refractivity contribution is 0.580. The van der Waals surface area contributed by atoms with Gasteiger partial charge in [-0.15, -0.1) is 0 Å². The first-order valence-electron chi connectivity index (χ1n) is 8.85. The summed E-state index contributed by atoms with van der Waals surface area (Å²) in [5.41, 5.74) is 1.86. The monoisotopic (exact) mass is 433 g/mol. The fourth-order valence-corrected chi connectivity index (χ4v) is 4.21. The van der Waals surface area contributed by atoms with Crippen LogP contribution < -0.4 is 15.4 Å². The van der Waals surface area contributed by atoms with Gasteiger partial charge in [0.05, 0.1) is 9.92 Å². The maximum absolute atomic E-state index is 13.5. The summed E-state index contributed by atoms with van der Waals surface area (Å²) in [7, 11) is -3.60. The molecule has 0 unspecified atom stereocenters. The molecule has 0 amide bonds. The van der Waals surface area contributed by atoms with Crippen LogP contribution in [0, 0.1) is 5.82 Å². The minimum absolute atomic E-state index is 0.00719. The number of nitrogens with one attached hydrogen (secondary N) is 3. The average Bonchev–Trinajstić information content (AvgIpc) is 2.70. The van der Waals surface area contributed by atoms with E-state index in [4.69, 9.17) is 11.6 Å². The first-order chi connectivity index (χ1) is 13.9. The molecule has 2 aromatic carbocycles. The molecule has 1 aliphatic rings. The molecular weight excluding hydrogens is 417 g/mol. The number of nitrogens with zero attached hydrogens (tertiary/aromatic N) is 2. The van der Waals surface area contributed by atoms with E-state index >= 15 is 0 Å². The number of benzene rings is 2. The third kappa shape index (κ3) is 4.31. The molecular formula is C19H17ClFN5O2S. The summed E-state index contributed by atoms with van der Waals surface area (Å²) in [6.45, 7) is 0.737. The molecule has 0 aliphatic carbocycles. The fourth-order valence-electron chi connectivity index (χ4n) is 2.91. The van der Waals surface area contributed by atoms with Crippen molar-refractivity contribution in [3.8, 4) is 11.1 Å². The summed E-state index contributed by atoms with van der Waals surface area (Å²) in [5.74, 6) is 0.323. The minimum atomic E-state index is -3.60. The molecule has 4 bridgehead atoms. The number of fused-ring (bicyclic) bond motifs is 4. The van der Waals surface area contributed by atoms with Crippen molar-refractivity contribution in [3.63, 3.8) is 0 Å². The molecule has 2 heterocycles. The third-order valence-corrected chi connectivity index (χ3v) is 6.11. The molecule has 0 saturated carbocycles. The quantitative estimate of drug-likeness (QED) is 0.540. The Hall–Kier alpha value is -2.75. The van der Waals surface area contributed by atoms with Crippen LogP contribution in [0.2, 0.25) is 5.02 Å². The minimum Gasteiger partial charge on any atom is -0.369 e. The van der Waals surface area contributed by atoms with Gasteiger partial charge in [-0.25, -0.2) is 22.5 Å². The number of aromatic nitrogens is 2. The number of halogens is 2. The second kappa shape index (κ2) is 7.94. The van der Waals surface area contributed by atoms with Gasteiger partial charge in [-0.3, -0.25) is 0 Å². The van der Waals surface area contributed by atoms with Gasteiger partial charge >= 0.3 is 0 Å². The van der Waals surface area contributed by atoms with Gasteiger partial charge in [-0.1, -0.05) is 23.7 Å². The summed E-state index contributed by atoms with van der Waals surface area (Å²) in [4.78, 5) is 8.99. The molecule has 0 spiro atoms. The van der Waals surface area contributed by atoms with E-state index in [0.29, 0.717) is 41.5 Å². The molecule has 10 heteroatoms. The zero-order chi connectivity index (χ0) is 20.4. The topological polar surface area (TPSA) is 96.0 Å². The Morgan fingerprint density at radius 3 is 2.79 bits per heavy atom. The van der Waals surface area contributed by atoms with Gasteiger partial charge in [-0.2, -0.15) is 4.98 Å². The number of hydrogen-bond donors (Lipinski definition) is 3. The Kier molecular flexibility index (Phi) is 5.35. The van der Waals surface area contributed by atoms with Crippen molar-refractivity contribution < 1.29 is 12.8 Å². The first-order valence-corrected chi connectivity index (χ1v) is 10.7. The number of sulfonamides is 1. The summed E-state index contributed by atoms with van der Waals surface area (Å²) >= 11 is 5.92. The fraction of sp³-hybridized carbons (Fsp3) is 0.158. The largest absolute Gasteiger partial charge is 0.369 e. The van der Waals surface area contributed by atoms with Crippen molar-refractivity contribution in [3.05, 3.63) is 59.5 Å². The second-order valence-corrected chi connectivity index (χ2v) is 8.59. The Morgan fingerprint density at radius 2 is 1.97 bits per heavy atom. The maximum Gasteiger partial charge on any atom is 0.240 e. The normalized spacial score (nSPS) is 15.8. The van der Waals surface area contributed by atoms with E-state index in [0.717, 1.165) is 0 Å². The molecule has 150 valence electrons. The molecule has 7 nitrogen and oxygen atoms in total. The van der Waals surface area contributed by atoms with Crippen molar-refractivity contribution in [2.24, 2.45) is 0 Å². The lowest BCUT2D eigenvalue weighted by Crippen LogP contribution is -2.26. The SMILES string of the molecule is O=S1(=O)NCCCNc2nc(ncc2-c2ccc(F)c(Cl)c2)Nc2cccc1c2. The number of rotatable bonds is 1. The molecule has 0 saturated heterocycles. The van der Waals surface area contributed by atoms with Crippen LogP contribution in [0.25, 0.3) is 11.1 Å². The van der Waals surface area contributed by atoms with E-state index in [-0.39, 0.29) is 16.5 Å². The Labute approximate surface area is 172 Å². The van der Waals surface area contributed by atoms with E-state index in [1.165, 1.54) is 24.3 Å². The third-order valence-electron chi connectivity index (χ3n) is 4.36. The predicted octanol–water partition coefficient (Wildman–Crippen LogP) is 3.77. The van der Waals surface area contributed by atoms with Crippen molar-refractivity contribution in [1.82, 2.24) is 14.7 Å². The summed E-state index contributed by atoms with van der Waals surface area (Å²) in [6, 6.07) is 10.8. The summed E-state index contributed by atoms with van der Waals surface area (Å²) in [5, 5.41) is 6.22. The first kappa shape index (κ1) is 19.6. The van der Waals surface area contributed by atoms with E-state index in [9.17, 15) is 12.8 Å². The standard InChI is InChI=1S/C19H17ClFN5O2S/c20-16-9-12(5-6-17(16)21)15-11-23-19-25-13-3-1-4-14(10-13)29(27,28)24-8-2-7-22-18(15)26-19/h1,3-6,9-11,24H,2,7-8H2,(H2,22,23,25,26). The van der Waals surface area contributed by atoms with Crippen molar-refractivity contribution in [2.45, 2.75) is 11.3 Å². The van der Waals surface area contributed by atoms with Crippen LogP contribution in [0.5, 0.6) is 0 Å². The lowest BCUT2D eigenvalue weighted by atomic mass is 10.1. The number of anilines is 3. The summed E-state index contributed by atoms with van der Waals surface area (Å²) in [6.07, 6.45) is 2.15. The van der Waals surface area contributed by atoms with Crippen LogP contribution in [-0.4, -0.2) is 31.5 Å². The number of hydrogen-bond acceptors (Lipinski definition) is 6. The van der Waals surface area contributed by atoms with Gasteiger partial charge in [0.2, 0.25) is 16.0 Å². The zero-order valence-corrected chi connectivity index (χ0v) is 16.7. The van der Waals surface area contributed by atoms with Crippen LogP contribution in [0.1, 0.15) is 6.42 Å². The van der Waals surface area contributed by atoms with Crippen LogP contribution in [0.15, 0.2) is 53.6 Å². The molecule has 4 rings (SSSR count). The molecule has 0 radical (unpaired) electrons. The van der Waals surface area contributed by atoms with Crippen LogP contribution >= 0.6 is 11.6 Å². The lowest BCUT2D eigenvalue weighted by Gasteiger charge is -2.13. The molecule has 3 aromatic rings. The highest BCUT2D eigenvalue weighted by Crippen LogP contribution is 2.30. The van der Waals surface area contributed by atoms with E-state index in [1.54, 1.807) is 24.4 Å². The average molecular weight is 434 g/mol. The Balaban J connectivity index is 1.75. The van der Waals surface area contributed by atoms with Crippen molar-refractivity contribution in [2.75, 3.05) is 23.7 Å². The molecule has 29 heavy (non-hydrogen) atoms. The van der Waals surface area contributed by atoms with Gasteiger partial charge in [0.1, 0.15) is 11.6 Å². The van der Waals surface area contributed by atoms with Crippen molar-refractivity contribution >= 4 is 39.1 Å². The van der Waals surface area contributed by atoms with Gasteiger partial charge in [0, 0.05) is 30.5 Å². The van der Waals surface area contributed by atoms with Crippen LogP contribution in [-0.2, 0) is 10.0 Å². The van der Waals surface area contributed by atoms with Crippen LogP contribution in [0.4, 0.5) is 21.8 Å². The smallest absolute Gasteiger partial charge is 0.240 e. The predicted molar refractivity (Wildman–Crippen MR) is 110 cm³/mol. The highest BCUT2D eigenvalue weighted by molar-refractivity contribution is 7.89. The Morgan fingerprint density at radius 1 is 1.10 bits per heavy atom. The molecule has 3 N–H and O–H groups in total. The van der Waals surface area contributed by atoms with Gasteiger partial charge < -0.3 is 10.6 Å². The molecule has 1 aromatic heterocycles. The van der Waals surface area contributed by atoms with Gasteiger partial charge in [0.15, 0.2) is 0 Å². The van der Waals surface area contributed by atoms with Crippen LogP contribution in [0.3, 0.4) is 0 Å². The van der Waals surface area contributed by atoms with Gasteiger partial charge in [-0.05, 0) is 42.3 Å². The van der Waals surface area contributed by atoms with E-state index < -0.39 is 15.8 Å². The summed E-state index contributed by atoms with van der Waals surface area (Å²) < 4.78 is 41.0. The Bertz CT molecular complexity index is 1170. The van der Waals surface area contributed by atoms with E-state index in [2.05, 4.69) is 25.3 Å². The van der Waals surface area contributed by atoms with Crippen molar-refractivity contribution in [1.29, 1.82) is 0 Å². The zero-order valence-electron chi connectivity index (χ0n) is 15.1. The highest BCUT2D eigenvalue weighted by Gasteiger charge is 2.16. The molecule has 0 fully saturated rings. The van der Waals surface area contributed by atoms with Gasteiger partial charge in [0.25, 0.3) is 0 Å².